The van der Waals surface area contributed by atoms with Crippen LogP contribution in [0.15, 0.2) is 18.3 Å². The van der Waals surface area contributed by atoms with Crippen LogP contribution in [0.1, 0.15) is 33.1 Å². The molecule has 28 heavy (non-hydrogen) atoms. The predicted octanol–water partition coefficient (Wildman–Crippen LogP) is 1.99. The second kappa shape index (κ2) is 10.8. The molecule has 3 amide bonds. The van der Waals surface area contributed by atoms with Gasteiger partial charge in [0.25, 0.3) is 0 Å². The van der Waals surface area contributed by atoms with Gasteiger partial charge in [-0.2, -0.15) is 0 Å². The van der Waals surface area contributed by atoms with Gasteiger partial charge in [0.05, 0.1) is 17.9 Å². The minimum Gasteiger partial charge on any atom is -0.357 e. The van der Waals surface area contributed by atoms with Crippen LogP contribution in [0.2, 0.25) is 0 Å². The van der Waals surface area contributed by atoms with E-state index in [1.165, 1.54) is 0 Å². The number of nitrogens with zero attached hydrogens (tertiary/aromatic N) is 4. The quantitative estimate of drug-likeness (QED) is 0.631. The summed E-state index contributed by atoms with van der Waals surface area (Å²) >= 11 is 0. The maximum absolute atomic E-state index is 12.2. The number of carbonyl (C=O) groups is 2. The van der Waals surface area contributed by atoms with Crippen molar-refractivity contribution in [3.8, 4) is 0 Å². The first-order valence-corrected chi connectivity index (χ1v) is 10.2. The first-order chi connectivity index (χ1) is 13.5. The lowest BCUT2D eigenvalue weighted by atomic mass is 10.2. The first-order valence-electron chi connectivity index (χ1n) is 10.2. The Bertz CT molecular complexity index is 630. The molecule has 8 heteroatoms. The van der Waals surface area contributed by atoms with Crippen LogP contribution in [0.4, 0.5) is 16.3 Å². The third-order valence-corrected chi connectivity index (χ3v) is 5.09. The number of amides is 3. The van der Waals surface area contributed by atoms with Gasteiger partial charge in [0.2, 0.25) is 5.91 Å². The molecule has 1 saturated heterocycles. The lowest BCUT2D eigenvalue weighted by Gasteiger charge is -2.26. The Kier molecular flexibility index (Phi) is 8.50. The molecule has 1 aromatic heterocycles. The van der Waals surface area contributed by atoms with Crippen LogP contribution < -0.4 is 15.5 Å². The molecule has 0 aliphatic carbocycles. The summed E-state index contributed by atoms with van der Waals surface area (Å²) < 4.78 is 0. The van der Waals surface area contributed by atoms with Crippen molar-refractivity contribution in [2.75, 3.05) is 57.0 Å². The highest BCUT2D eigenvalue weighted by Crippen LogP contribution is 2.18. The largest absolute Gasteiger partial charge is 0.357 e. The van der Waals surface area contributed by atoms with Crippen molar-refractivity contribution in [1.82, 2.24) is 20.1 Å². The Morgan fingerprint density at radius 3 is 2.61 bits per heavy atom. The number of aromatic nitrogens is 1. The van der Waals surface area contributed by atoms with Gasteiger partial charge in [-0.3, -0.25) is 9.69 Å². The fourth-order valence-electron chi connectivity index (χ4n) is 3.53. The van der Waals surface area contributed by atoms with E-state index in [4.69, 9.17) is 0 Å². The van der Waals surface area contributed by atoms with Gasteiger partial charge < -0.3 is 20.4 Å². The molecule has 0 bridgehead atoms. The SMILES string of the molecule is CCN(CC)c1ccc(NC(=O)NCCCN2CCC[C@@H]2C(=O)N(C)C)cn1. The molecule has 0 aromatic carbocycles. The normalized spacial score (nSPS) is 16.6. The van der Waals surface area contributed by atoms with Gasteiger partial charge in [-0.1, -0.05) is 0 Å². The lowest BCUT2D eigenvalue weighted by Crippen LogP contribution is -2.43. The highest BCUT2D eigenvalue weighted by molar-refractivity contribution is 5.89. The van der Waals surface area contributed by atoms with E-state index in [0.29, 0.717) is 12.2 Å². The van der Waals surface area contributed by atoms with Crippen LogP contribution in [-0.4, -0.2) is 79.6 Å². The van der Waals surface area contributed by atoms with E-state index < -0.39 is 0 Å². The van der Waals surface area contributed by atoms with Crippen LogP contribution in [0.3, 0.4) is 0 Å². The average Bonchev–Trinajstić information content (AvgIpc) is 3.15. The maximum Gasteiger partial charge on any atom is 0.319 e. The van der Waals surface area contributed by atoms with Crippen molar-refractivity contribution in [3.63, 3.8) is 0 Å². The molecular formula is C20H34N6O2. The molecule has 0 radical (unpaired) electrons. The molecule has 0 spiro atoms. The van der Waals surface area contributed by atoms with Gasteiger partial charge >= 0.3 is 6.03 Å². The molecule has 0 unspecified atom stereocenters. The van der Waals surface area contributed by atoms with Crippen molar-refractivity contribution >= 4 is 23.4 Å². The number of nitrogens with one attached hydrogen (secondary N) is 2. The summed E-state index contributed by atoms with van der Waals surface area (Å²) in [5.74, 6) is 1.08. The maximum atomic E-state index is 12.2. The average molecular weight is 391 g/mol. The number of pyridine rings is 1. The third-order valence-electron chi connectivity index (χ3n) is 5.09. The number of rotatable bonds is 9. The number of likely N-dealkylation sites (tertiary alicyclic amines) is 1. The smallest absolute Gasteiger partial charge is 0.319 e. The first kappa shape index (κ1) is 21.9. The Hall–Kier alpha value is -2.35. The highest BCUT2D eigenvalue weighted by Gasteiger charge is 2.30. The fourth-order valence-corrected chi connectivity index (χ4v) is 3.53. The highest BCUT2D eigenvalue weighted by atomic mass is 16.2. The van der Waals surface area contributed by atoms with Crippen molar-refractivity contribution in [2.24, 2.45) is 0 Å². The molecule has 2 rings (SSSR count). The Balaban J connectivity index is 1.71. The Labute approximate surface area is 168 Å². The van der Waals surface area contributed by atoms with Crippen molar-refractivity contribution in [3.05, 3.63) is 18.3 Å². The summed E-state index contributed by atoms with van der Waals surface area (Å²) in [5.41, 5.74) is 0.671. The monoisotopic (exact) mass is 390 g/mol. The molecule has 8 nitrogen and oxygen atoms in total. The number of likely N-dealkylation sites (N-methyl/N-ethyl adjacent to an activating group) is 1. The van der Waals surface area contributed by atoms with Crippen molar-refractivity contribution < 1.29 is 9.59 Å². The molecule has 156 valence electrons. The number of hydrogen-bond acceptors (Lipinski definition) is 5. The summed E-state index contributed by atoms with van der Waals surface area (Å²) in [5, 5.41) is 5.68. The van der Waals surface area contributed by atoms with E-state index in [1.54, 1.807) is 25.2 Å². The van der Waals surface area contributed by atoms with Gasteiger partial charge in [0.1, 0.15) is 5.82 Å². The van der Waals surface area contributed by atoms with E-state index in [2.05, 4.69) is 39.3 Å². The molecular weight excluding hydrogens is 356 g/mol. The van der Waals surface area contributed by atoms with Gasteiger partial charge in [-0.15, -0.1) is 0 Å². The van der Waals surface area contributed by atoms with Crippen LogP contribution in [0, 0.1) is 0 Å². The number of carbonyl (C=O) groups excluding carboxylic acids is 2. The van der Waals surface area contributed by atoms with E-state index in [0.717, 1.165) is 51.3 Å². The molecule has 1 fully saturated rings. The lowest BCUT2D eigenvalue weighted by molar-refractivity contribution is -0.133. The van der Waals surface area contributed by atoms with Gasteiger partial charge in [-0.25, -0.2) is 9.78 Å². The third kappa shape index (κ3) is 6.09. The van der Waals surface area contributed by atoms with Gasteiger partial charge in [0, 0.05) is 40.3 Å². The topological polar surface area (TPSA) is 80.8 Å². The summed E-state index contributed by atoms with van der Waals surface area (Å²) in [6.07, 6.45) is 4.45. The van der Waals surface area contributed by atoms with Crippen LogP contribution in [-0.2, 0) is 4.79 Å². The van der Waals surface area contributed by atoms with Crippen LogP contribution in [0.25, 0.3) is 0 Å². The standard InChI is InChI=1S/C20H34N6O2/c1-5-25(6-2)18-11-10-16(15-22-18)23-20(28)21-12-8-14-26-13-7-9-17(26)19(27)24(3)4/h10-11,15,17H,5-9,12-14H2,1-4H3,(H2,21,23,28)/t17-/m1/s1. The predicted molar refractivity (Wildman–Crippen MR) is 113 cm³/mol. The molecule has 1 aliphatic rings. The summed E-state index contributed by atoms with van der Waals surface area (Å²) in [7, 11) is 3.60. The zero-order valence-corrected chi connectivity index (χ0v) is 17.6. The fraction of sp³-hybridized carbons (Fsp3) is 0.650. The van der Waals surface area contributed by atoms with Crippen LogP contribution in [0.5, 0.6) is 0 Å². The van der Waals surface area contributed by atoms with E-state index in [9.17, 15) is 9.59 Å². The minimum atomic E-state index is -0.236. The molecule has 2 heterocycles. The van der Waals surface area contributed by atoms with E-state index in [1.807, 2.05) is 12.1 Å². The Morgan fingerprint density at radius 1 is 1.25 bits per heavy atom. The molecule has 1 atom stereocenters. The minimum absolute atomic E-state index is 0.0146. The molecule has 2 N–H and O–H groups in total. The Morgan fingerprint density at radius 2 is 2.00 bits per heavy atom. The van der Waals surface area contributed by atoms with Crippen molar-refractivity contribution in [1.29, 1.82) is 0 Å². The van der Waals surface area contributed by atoms with E-state index in [-0.39, 0.29) is 18.0 Å². The molecule has 0 saturated carbocycles. The van der Waals surface area contributed by atoms with Gasteiger partial charge in [-0.05, 0) is 51.8 Å². The number of urea groups is 1. The zero-order chi connectivity index (χ0) is 20.5. The summed E-state index contributed by atoms with van der Waals surface area (Å²) in [6, 6.07) is 3.53. The van der Waals surface area contributed by atoms with E-state index >= 15 is 0 Å². The summed E-state index contributed by atoms with van der Waals surface area (Å²) in [4.78, 5) is 34.7. The second-order valence-electron chi connectivity index (χ2n) is 7.24. The molecule has 1 aromatic rings. The van der Waals surface area contributed by atoms with Gasteiger partial charge in [0.15, 0.2) is 0 Å². The summed E-state index contributed by atoms with van der Waals surface area (Å²) in [6.45, 7) is 8.29. The van der Waals surface area contributed by atoms with Crippen LogP contribution >= 0.6 is 0 Å². The molecule has 1 aliphatic heterocycles. The number of anilines is 2. The number of hydrogen-bond donors (Lipinski definition) is 2. The zero-order valence-electron chi connectivity index (χ0n) is 17.6. The van der Waals surface area contributed by atoms with Crippen molar-refractivity contribution in [2.45, 2.75) is 39.2 Å². The second-order valence-corrected chi connectivity index (χ2v) is 7.24.